The minimum absolute atomic E-state index is 0.0511. The summed E-state index contributed by atoms with van der Waals surface area (Å²) >= 11 is 0. The molecule has 0 aliphatic rings. The summed E-state index contributed by atoms with van der Waals surface area (Å²) < 4.78 is 10.9. The van der Waals surface area contributed by atoms with E-state index in [0.29, 0.717) is 32.0 Å². The van der Waals surface area contributed by atoms with Crippen molar-refractivity contribution < 1.29 is 34.1 Å². The summed E-state index contributed by atoms with van der Waals surface area (Å²) in [5.74, 6) is 0.603. The Morgan fingerprint density at radius 3 is 1.82 bits per heavy atom. The summed E-state index contributed by atoms with van der Waals surface area (Å²) in [5.41, 5.74) is 0. The van der Waals surface area contributed by atoms with E-state index in [4.69, 9.17) is 23.9 Å². The third-order valence-electron chi connectivity index (χ3n) is 5.54. The third-order valence-corrected chi connectivity index (χ3v) is 6.56. The SMILES string of the molecule is CCCCC(CC)COCC(O)CNCCCCCCNCC(O)COCCC[Si](O)(O)O. The van der Waals surface area contributed by atoms with Gasteiger partial charge in [0.15, 0.2) is 0 Å². The van der Waals surface area contributed by atoms with Gasteiger partial charge in [-0.05, 0) is 44.7 Å². The highest BCUT2D eigenvalue weighted by Crippen LogP contribution is 2.12. The van der Waals surface area contributed by atoms with E-state index >= 15 is 0 Å². The molecule has 0 heterocycles. The van der Waals surface area contributed by atoms with E-state index in [1.165, 1.54) is 19.3 Å². The Morgan fingerprint density at radius 2 is 1.30 bits per heavy atom. The highest BCUT2D eigenvalue weighted by atomic mass is 28.4. The molecule has 0 bridgehead atoms. The van der Waals surface area contributed by atoms with Crippen LogP contribution < -0.4 is 10.6 Å². The summed E-state index contributed by atoms with van der Waals surface area (Å²) in [6.07, 6.45) is 8.43. The van der Waals surface area contributed by atoms with Gasteiger partial charge in [-0.2, -0.15) is 0 Å². The minimum atomic E-state index is -3.97. The second kappa shape index (κ2) is 22.3. The molecule has 0 aromatic carbocycles. The van der Waals surface area contributed by atoms with Gasteiger partial charge in [0.25, 0.3) is 0 Å². The maximum absolute atomic E-state index is 10.0. The van der Waals surface area contributed by atoms with Gasteiger partial charge in [0, 0.05) is 32.3 Å². The fraction of sp³-hybridized carbons (Fsp3) is 1.00. The molecule has 7 N–H and O–H groups in total. The Hall–Kier alpha value is -0.143. The van der Waals surface area contributed by atoms with Crippen molar-refractivity contribution in [2.75, 3.05) is 52.6 Å². The Balaban J connectivity index is 3.38. The summed E-state index contributed by atoms with van der Waals surface area (Å²) in [7, 11) is -3.97. The van der Waals surface area contributed by atoms with Crippen molar-refractivity contribution in [2.24, 2.45) is 5.92 Å². The summed E-state index contributed by atoms with van der Waals surface area (Å²) in [5, 5.41) is 26.3. The molecule has 10 heteroatoms. The van der Waals surface area contributed by atoms with E-state index in [1.54, 1.807) is 0 Å². The third kappa shape index (κ3) is 24.8. The number of aliphatic hydroxyl groups is 2. The van der Waals surface area contributed by atoms with Gasteiger partial charge in [0.2, 0.25) is 0 Å². The first-order chi connectivity index (χ1) is 15.8. The van der Waals surface area contributed by atoms with Crippen LogP contribution in [0.15, 0.2) is 0 Å². The molecule has 0 aliphatic carbocycles. The maximum atomic E-state index is 10.0. The van der Waals surface area contributed by atoms with Crippen molar-refractivity contribution in [1.29, 1.82) is 0 Å². The van der Waals surface area contributed by atoms with E-state index in [1.807, 2.05) is 0 Å². The number of unbranched alkanes of at least 4 members (excludes halogenated alkanes) is 4. The van der Waals surface area contributed by atoms with E-state index < -0.39 is 21.0 Å². The fourth-order valence-electron chi connectivity index (χ4n) is 3.41. The molecule has 0 aromatic rings. The van der Waals surface area contributed by atoms with Crippen molar-refractivity contribution in [3.8, 4) is 0 Å². The maximum Gasteiger partial charge on any atom is 0.492 e. The van der Waals surface area contributed by atoms with Crippen molar-refractivity contribution in [1.82, 2.24) is 10.6 Å². The Labute approximate surface area is 202 Å². The normalized spacial score (nSPS) is 15.0. The Bertz CT molecular complexity index is 417. The van der Waals surface area contributed by atoms with Gasteiger partial charge in [-0.1, -0.05) is 46.0 Å². The molecular weight excluding hydrogens is 444 g/mol. The van der Waals surface area contributed by atoms with Crippen molar-refractivity contribution in [3.63, 3.8) is 0 Å². The molecular formula is C23H52N2O7Si. The van der Waals surface area contributed by atoms with Crippen LogP contribution >= 0.6 is 0 Å². The van der Waals surface area contributed by atoms with E-state index in [9.17, 15) is 10.2 Å². The highest BCUT2D eigenvalue weighted by Gasteiger charge is 2.25. The van der Waals surface area contributed by atoms with E-state index in [-0.39, 0.29) is 19.3 Å². The van der Waals surface area contributed by atoms with Crippen LogP contribution in [0.25, 0.3) is 0 Å². The lowest BCUT2D eigenvalue weighted by Crippen LogP contribution is -2.34. The first kappa shape index (κ1) is 32.9. The summed E-state index contributed by atoms with van der Waals surface area (Å²) in [6, 6.07) is -0.0511. The lowest BCUT2D eigenvalue weighted by atomic mass is 10.0. The van der Waals surface area contributed by atoms with Gasteiger partial charge in [-0.25, -0.2) is 0 Å². The van der Waals surface area contributed by atoms with E-state index in [0.717, 1.165) is 51.8 Å². The monoisotopic (exact) mass is 496 g/mol. The van der Waals surface area contributed by atoms with Crippen LogP contribution in [0.2, 0.25) is 6.04 Å². The second-order valence-corrected chi connectivity index (χ2v) is 11.1. The number of nitrogens with one attached hydrogen (secondary N) is 2. The van der Waals surface area contributed by atoms with E-state index in [2.05, 4.69) is 24.5 Å². The topological polar surface area (TPSA) is 144 Å². The van der Waals surface area contributed by atoms with Crippen LogP contribution in [0.1, 0.15) is 71.6 Å². The van der Waals surface area contributed by atoms with Crippen LogP contribution in [0.4, 0.5) is 0 Å². The van der Waals surface area contributed by atoms with Crippen LogP contribution in [0.3, 0.4) is 0 Å². The van der Waals surface area contributed by atoms with Crippen molar-refractivity contribution in [3.05, 3.63) is 0 Å². The first-order valence-corrected chi connectivity index (χ1v) is 14.9. The van der Waals surface area contributed by atoms with Crippen molar-refractivity contribution in [2.45, 2.75) is 89.9 Å². The van der Waals surface area contributed by atoms with Crippen molar-refractivity contribution >= 4 is 8.80 Å². The molecule has 33 heavy (non-hydrogen) atoms. The predicted molar refractivity (Wildman–Crippen MR) is 133 cm³/mol. The molecule has 0 rings (SSSR count). The van der Waals surface area contributed by atoms with Crippen LogP contribution in [0, 0.1) is 5.92 Å². The van der Waals surface area contributed by atoms with Gasteiger partial charge < -0.3 is 44.7 Å². The second-order valence-electron chi connectivity index (χ2n) is 9.04. The number of hydrogen-bond acceptors (Lipinski definition) is 9. The molecule has 0 saturated carbocycles. The zero-order chi connectivity index (χ0) is 24.8. The van der Waals surface area contributed by atoms with Gasteiger partial charge in [-0.3, -0.25) is 0 Å². The van der Waals surface area contributed by atoms with Crippen LogP contribution in [-0.4, -0.2) is 98.2 Å². The molecule has 3 unspecified atom stereocenters. The number of ether oxygens (including phenoxy) is 2. The first-order valence-electron chi connectivity index (χ1n) is 12.9. The number of hydrogen-bond donors (Lipinski definition) is 7. The molecule has 0 aromatic heterocycles. The smallest absolute Gasteiger partial charge is 0.390 e. The zero-order valence-corrected chi connectivity index (χ0v) is 22.0. The molecule has 200 valence electrons. The fourth-order valence-corrected chi connectivity index (χ4v) is 4.03. The quantitative estimate of drug-likeness (QED) is 0.0727. The lowest BCUT2D eigenvalue weighted by molar-refractivity contribution is 0.0194. The van der Waals surface area contributed by atoms with Crippen LogP contribution in [-0.2, 0) is 9.47 Å². The minimum Gasteiger partial charge on any atom is -0.390 e. The molecule has 3 atom stereocenters. The van der Waals surface area contributed by atoms with Gasteiger partial charge in [-0.15, -0.1) is 0 Å². The molecule has 0 fully saturated rings. The summed E-state index contributed by atoms with van der Waals surface area (Å²) in [4.78, 5) is 26.6. The number of rotatable bonds is 25. The highest BCUT2D eigenvalue weighted by molar-refractivity contribution is 6.56. The predicted octanol–water partition coefficient (Wildman–Crippen LogP) is 1.00. The molecule has 0 amide bonds. The zero-order valence-electron chi connectivity index (χ0n) is 21.0. The Kier molecular flexibility index (Phi) is 22.2. The summed E-state index contributed by atoms with van der Waals surface area (Å²) in [6.45, 7) is 8.76. The van der Waals surface area contributed by atoms with Gasteiger partial charge in [0.1, 0.15) is 0 Å². The van der Waals surface area contributed by atoms with Gasteiger partial charge in [0.05, 0.1) is 25.4 Å². The average molecular weight is 497 g/mol. The molecule has 9 nitrogen and oxygen atoms in total. The molecule has 0 spiro atoms. The Morgan fingerprint density at radius 1 is 0.727 bits per heavy atom. The number of aliphatic hydroxyl groups excluding tert-OH is 2. The lowest BCUT2D eigenvalue weighted by Gasteiger charge is -2.17. The standard InChI is InChI=1S/C23H52N2O7Si/c1-3-5-11-21(4-2)18-32-20-23(27)17-25-13-9-7-6-8-12-24-16-22(26)19-31-14-10-15-33(28,29)30/h21-30H,3-20H2,1-2H3. The van der Waals surface area contributed by atoms with Gasteiger partial charge >= 0.3 is 8.80 Å². The molecule has 0 radical (unpaired) electrons. The molecule has 0 saturated heterocycles. The van der Waals surface area contributed by atoms with Crippen LogP contribution in [0.5, 0.6) is 0 Å². The average Bonchev–Trinajstić information content (AvgIpc) is 2.76. The molecule has 0 aliphatic heterocycles. The largest absolute Gasteiger partial charge is 0.492 e.